The van der Waals surface area contributed by atoms with E-state index in [-0.39, 0.29) is 18.4 Å². The highest BCUT2D eigenvalue weighted by Crippen LogP contribution is 2.39. The Bertz CT molecular complexity index is 1400. The van der Waals surface area contributed by atoms with Crippen LogP contribution < -0.4 is 0 Å². The Balaban J connectivity index is 1.73. The van der Waals surface area contributed by atoms with Gasteiger partial charge < -0.3 is 9.55 Å². The summed E-state index contributed by atoms with van der Waals surface area (Å²) in [6, 6.07) is 19.6. The van der Waals surface area contributed by atoms with Crippen molar-refractivity contribution in [2.24, 2.45) is 7.05 Å². The maximum Gasteiger partial charge on any atom is 0.263 e. The van der Waals surface area contributed by atoms with Crippen molar-refractivity contribution in [2.45, 2.75) is 12.8 Å². The van der Waals surface area contributed by atoms with Crippen LogP contribution >= 0.6 is 0 Å². The monoisotopic (exact) mass is 408 g/mol. The molecule has 0 bridgehead atoms. The molecule has 0 aliphatic carbocycles. The maximum absolute atomic E-state index is 13.5. The minimum absolute atomic E-state index is 0.225. The predicted molar refractivity (Wildman–Crippen MR) is 120 cm³/mol. The lowest BCUT2D eigenvalue weighted by Crippen LogP contribution is -2.32. The number of carbonyl (C=O) groups excluding carboxylic acids is 2. The predicted octanol–water partition coefficient (Wildman–Crippen LogP) is 4.24. The van der Waals surface area contributed by atoms with E-state index in [1.807, 2.05) is 72.4 Å². The highest BCUT2D eigenvalue weighted by Gasteiger charge is 2.40. The van der Waals surface area contributed by atoms with Gasteiger partial charge in [0.05, 0.1) is 22.9 Å². The van der Waals surface area contributed by atoms with E-state index in [2.05, 4.69) is 11.1 Å². The number of unbranched alkanes of at least 4 members (excludes halogenated alkanes) is 1. The number of H-pyrrole nitrogens is 1. The fraction of sp³-hybridized carbons (Fsp3) is 0.160. The van der Waals surface area contributed by atoms with Crippen molar-refractivity contribution in [1.82, 2.24) is 14.5 Å². The van der Waals surface area contributed by atoms with Crippen LogP contribution in [0.5, 0.6) is 0 Å². The van der Waals surface area contributed by atoms with Gasteiger partial charge >= 0.3 is 0 Å². The van der Waals surface area contributed by atoms with Crippen LogP contribution in [0.15, 0.2) is 60.8 Å². The van der Waals surface area contributed by atoms with Gasteiger partial charge in [0.15, 0.2) is 0 Å². The van der Waals surface area contributed by atoms with E-state index in [1.54, 1.807) is 0 Å². The van der Waals surface area contributed by atoms with Gasteiger partial charge in [-0.3, -0.25) is 14.5 Å². The third-order valence-corrected chi connectivity index (χ3v) is 5.80. The van der Waals surface area contributed by atoms with Gasteiger partial charge in [0, 0.05) is 53.6 Å². The zero-order chi connectivity index (χ0) is 21.5. The van der Waals surface area contributed by atoms with Crippen LogP contribution in [0.2, 0.25) is 0 Å². The number of para-hydroxylation sites is 2. The number of hydrogen-bond donors (Lipinski definition) is 1. The second kappa shape index (κ2) is 7.29. The number of aryl methyl sites for hydroxylation is 1. The number of nitrogens with zero attached hydrogens (tertiary/aromatic N) is 3. The molecule has 2 amide bonds. The molecule has 2 aromatic heterocycles. The average molecular weight is 408 g/mol. The average Bonchev–Trinajstić information content (AvgIpc) is 3.42. The highest BCUT2D eigenvalue weighted by molar-refractivity contribution is 6.49. The van der Waals surface area contributed by atoms with Crippen molar-refractivity contribution in [3.8, 4) is 6.07 Å². The molecule has 5 rings (SSSR count). The molecule has 0 radical (unpaired) electrons. The van der Waals surface area contributed by atoms with E-state index in [1.165, 1.54) is 4.90 Å². The minimum Gasteiger partial charge on any atom is -0.354 e. The normalized spacial score (nSPS) is 14.3. The number of rotatable bonds is 5. The van der Waals surface area contributed by atoms with Crippen molar-refractivity contribution in [1.29, 1.82) is 5.26 Å². The van der Waals surface area contributed by atoms with Crippen LogP contribution in [-0.2, 0) is 16.6 Å². The molecule has 6 nitrogen and oxygen atoms in total. The van der Waals surface area contributed by atoms with Gasteiger partial charge in [-0.15, -0.1) is 0 Å². The van der Waals surface area contributed by atoms with Gasteiger partial charge in [0.25, 0.3) is 11.8 Å². The Labute approximate surface area is 179 Å². The first-order chi connectivity index (χ1) is 15.1. The fourth-order valence-electron chi connectivity index (χ4n) is 4.34. The third kappa shape index (κ3) is 2.94. The van der Waals surface area contributed by atoms with E-state index < -0.39 is 0 Å². The molecule has 1 aliphatic heterocycles. The van der Waals surface area contributed by atoms with Gasteiger partial charge in [-0.25, -0.2) is 0 Å². The van der Waals surface area contributed by atoms with Gasteiger partial charge in [-0.1, -0.05) is 36.4 Å². The van der Waals surface area contributed by atoms with Crippen molar-refractivity contribution in [3.05, 3.63) is 72.1 Å². The minimum atomic E-state index is -0.322. The lowest BCUT2D eigenvalue weighted by Gasteiger charge is -2.13. The molecule has 3 heterocycles. The number of aromatic amines is 1. The van der Waals surface area contributed by atoms with Gasteiger partial charge in [0.1, 0.15) is 0 Å². The molecular formula is C25H20N4O2. The summed E-state index contributed by atoms with van der Waals surface area (Å²) in [5.74, 6) is -0.634. The summed E-state index contributed by atoms with van der Waals surface area (Å²) in [6.45, 7) is 0.225. The number of nitriles is 1. The van der Waals surface area contributed by atoms with Crippen LogP contribution in [0, 0.1) is 11.3 Å². The first-order valence-corrected chi connectivity index (χ1v) is 10.2. The molecule has 0 saturated heterocycles. The summed E-state index contributed by atoms with van der Waals surface area (Å²) in [5, 5.41) is 10.8. The summed E-state index contributed by atoms with van der Waals surface area (Å²) in [7, 11) is 1.93. The second-order valence-electron chi connectivity index (χ2n) is 7.71. The topological polar surface area (TPSA) is 81.9 Å². The Morgan fingerprint density at radius 1 is 1.00 bits per heavy atom. The number of amides is 2. The van der Waals surface area contributed by atoms with Crippen LogP contribution in [-0.4, -0.2) is 32.8 Å². The summed E-state index contributed by atoms with van der Waals surface area (Å²) in [4.78, 5) is 31.5. The number of nitrogens with one attached hydrogen (secondary N) is 1. The number of carbonyl (C=O) groups is 2. The molecular weight excluding hydrogens is 388 g/mol. The first kappa shape index (κ1) is 18.9. The van der Waals surface area contributed by atoms with Crippen molar-refractivity contribution in [2.75, 3.05) is 6.54 Å². The van der Waals surface area contributed by atoms with Crippen molar-refractivity contribution < 1.29 is 9.59 Å². The zero-order valence-corrected chi connectivity index (χ0v) is 17.1. The molecule has 0 spiro atoms. The molecule has 1 N–H and O–H groups in total. The molecule has 0 atom stereocenters. The largest absolute Gasteiger partial charge is 0.354 e. The Morgan fingerprint density at radius 3 is 2.55 bits per heavy atom. The summed E-state index contributed by atoms with van der Waals surface area (Å²) in [5.41, 5.74) is 4.06. The second-order valence-corrected chi connectivity index (χ2v) is 7.71. The number of fused-ring (bicyclic) bond motifs is 2. The van der Waals surface area contributed by atoms with Crippen molar-refractivity contribution >= 4 is 44.8 Å². The highest BCUT2D eigenvalue weighted by atomic mass is 16.2. The fourth-order valence-corrected chi connectivity index (χ4v) is 4.34. The van der Waals surface area contributed by atoms with E-state index in [9.17, 15) is 9.59 Å². The first-order valence-electron chi connectivity index (χ1n) is 10.2. The van der Waals surface area contributed by atoms with E-state index in [0.717, 1.165) is 27.4 Å². The van der Waals surface area contributed by atoms with Gasteiger partial charge in [-0.05, 0) is 24.6 Å². The molecule has 6 heteroatoms. The van der Waals surface area contributed by atoms with E-state index >= 15 is 0 Å². The molecule has 4 aromatic rings. The van der Waals surface area contributed by atoms with Crippen LogP contribution in [0.3, 0.4) is 0 Å². The van der Waals surface area contributed by atoms with Crippen LogP contribution in [0.4, 0.5) is 0 Å². The Hall–Kier alpha value is -4.11. The zero-order valence-electron chi connectivity index (χ0n) is 17.1. The number of benzene rings is 2. The molecule has 31 heavy (non-hydrogen) atoms. The summed E-state index contributed by atoms with van der Waals surface area (Å²) in [6.07, 6.45) is 2.66. The lowest BCUT2D eigenvalue weighted by atomic mass is 9.99. The van der Waals surface area contributed by atoms with Gasteiger partial charge in [0.2, 0.25) is 0 Å². The molecule has 0 unspecified atom stereocenters. The molecule has 152 valence electrons. The molecule has 1 aliphatic rings. The molecule has 2 aromatic carbocycles. The lowest BCUT2D eigenvalue weighted by molar-refractivity contribution is -0.136. The Kier molecular flexibility index (Phi) is 4.45. The van der Waals surface area contributed by atoms with Gasteiger partial charge in [-0.2, -0.15) is 5.26 Å². The molecule has 0 fully saturated rings. The standard InChI is InChI=1S/C25H20N4O2/c1-28-15-18(17-9-3-5-11-21(17)28)22-23(20-14-16-8-2-4-10-19(16)27-20)25(31)29(24(22)30)13-7-6-12-26/h2-5,8-11,14-15,27H,6-7,13H2,1H3. The van der Waals surface area contributed by atoms with E-state index in [4.69, 9.17) is 5.26 Å². The number of imide groups is 1. The van der Waals surface area contributed by atoms with Crippen LogP contribution in [0.1, 0.15) is 24.1 Å². The number of hydrogen-bond acceptors (Lipinski definition) is 3. The quantitative estimate of drug-likeness (QED) is 0.396. The van der Waals surface area contributed by atoms with Crippen molar-refractivity contribution in [3.63, 3.8) is 0 Å². The smallest absolute Gasteiger partial charge is 0.263 e. The maximum atomic E-state index is 13.5. The SMILES string of the molecule is Cn1cc(C2=C(c3cc4ccccc4[nH]3)C(=O)N(CCCC#N)C2=O)c2ccccc21. The summed E-state index contributed by atoms with van der Waals surface area (Å²) < 4.78 is 1.97. The Morgan fingerprint density at radius 2 is 1.74 bits per heavy atom. The number of aromatic nitrogens is 2. The van der Waals surface area contributed by atoms with E-state index in [0.29, 0.717) is 29.7 Å². The van der Waals surface area contributed by atoms with Crippen LogP contribution in [0.25, 0.3) is 33.0 Å². The molecule has 0 saturated carbocycles. The summed E-state index contributed by atoms with van der Waals surface area (Å²) >= 11 is 0. The third-order valence-electron chi connectivity index (χ3n) is 5.80.